The molecule has 31 heavy (non-hydrogen) atoms. The molecule has 0 bridgehead atoms. The van der Waals surface area contributed by atoms with Crippen LogP contribution < -0.4 is 16.6 Å². The van der Waals surface area contributed by atoms with Crippen molar-refractivity contribution in [1.82, 2.24) is 14.8 Å². The Balaban J connectivity index is 1.81. The first-order valence-electron chi connectivity index (χ1n) is 9.98. The molecule has 1 aromatic carbocycles. The van der Waals surface area contributed by atoms with Crippen molar-refractivity contribution in [2.75, 3.05) is 14.1 Å². The van der Waals surface area contributed by atoms with Gasteiger partial charge in [0.2, 0.25) is 11.8 Å². The molecule has 1 aromatic heterocycles. The molecular formula is C22H25FN4O4. The summed E-state index contributed by atoms with van der Waals surface area (Å²) in [5, 5.41) is 2.68. The summed E-state index contributed by atoms with van der Waals surface area (Å²) >= 11 is 0. The van der Waals surface area contributed by atoms with Crippen LogP contribution in [0.5, 0.6) is 0 Å². The Morgan fingerprint density at radius 2 is 1.90 bits per heavy atom. The predicted octanol–water partition coefficient (Wildman–Crippen LogP) is 1.06. The monoisotopic (exact) mass is 428 g/mol. The fraction of sp³-hybridized carbons (Fsp3) is 0.364. The zero-order valence-corrected chi connectivity index (χ0v) is 17.4. The highest BCUT2D eigenvalue weighted by Crippen LogP contribution is 2.30. The second-order valence-corrected chi connectivity index (χ2v) is 7.90. The standard InChI is InChI=1S/C22H25FN4O4/c1-26(2)22(31)13-6-8-16(20(24)29)18(11-13)25-21(30)15-9-7-14(12-17(15)23)27-10-4-3-5-19(27)28/h3-5,7,9-10,12-13,16,18H,6,8,11H2,1-2H3,(H2,24,29)(H,25,30). The van der Waals surface area contributed by atoms with Crippen LogP contribution in [0.4, 0.5) is 4.39 Å². The molecule has 1 aliphatic rings. The highest BCUT2D eigenvalue weighted by atomic mass is 19.1. The zero-order valence-electron chi connectivity index (χ0n) is 17.4. The number of carbonyl (C=O) groups is 3. The number of halogens is 1. The van der Waals surface area contributed by atoms with Crippen LogP contribution in [0.25, 0.3) is 5.69 Å². The van der Waals surface area contributed by atoms with Gasteiger partial charge in [0, 0.05) is 38.3 Å². The third-order valence-corrected chi connectivity index (χ3v) is 5.62. The lowest BCUT2D eigenvalue weighted by molar-refractivity contribution is -0.136. The molecule has 164 valence electrons. The van der Waals surface area contributed by atoms with E-state index >= 15 is 0 Å². The highest BCUT2D eigenvalue weighted by Gasteiger charge is 2.38. The quantitative estimate of drug-likeness (QED) is 0.741. The minimum atomic E-state index is -0.807. The van der Waals surface area contributed by atoms with E-state index in [1.165, 1.54) is 33.9 Å². The first kappa shape index (κ1) is 22.2. The van der Waals surface area contributed by atoms with Gasteiger partial charge in [0.25, 0.3) is 11.5 Å². The van der Waals surface area contributed by atoms with Crippen LogP contribution in [0.3, 0.4) is 0 Å². The first-order valence-corrected chi connectivity index (χ1v) is 9.98. The van der Waals surface area contributed by atoms with Gasteiger partial charge in [0.05, 0.1) is 17.2 Å². The van der Waals surface area contributed by atoms with E-state index in [2.05, 4.69) is 5.32 Å². The number of carbonyl (C=O) groups excluding carboxylic acids is 3. The van der Waals surface area contributed by atoms with Gasteiger partial charge in [0.15, 0.2) is 0 Å². The molecule has 3 unspecified atom stereocenters. The number of hydrogen-bond donors (Lipinski definition) is 2. The van der Waals surface area contributed by atoms with Crippen molar-refractivity contribution in [2.45, 2.75) is 25.3 Å². The summed E-state index contributed by atoms with van der Waals surface area (Å²) in [5.41, 5.74) is 5.21. The van der Waals surface area contributed by atoms with Crippen molar-refractivity contribution in [1.29, 1.82) is 0 Å². The number of pyridine rings is 1. The predicted molar refractivity (Wildman–Crippen MR) is 112 cm³/mol. The van der Waals surface area contributed by atoms with Crippen LogP contribution in [-0.4, -0.2) is 47.3 Å². The fourth-order valence-corrected chi connectivity index (χ4v) is 3.98. The van der Waals surface area contributed by atoms with Crippen molar-refractivity contribution < 1.29 is 18.8 Å². The molecule has 0 spiro atoms. The van der Waals surface area contributed by atoms with Crippen molar-refractivity contribution in [2.24, 2.45) is 17.6 Å². The largest absolute Gasteiger partial charge is 0.369 e. The third-order valence-electron chi connectivity index (χ3n) is 5.62. The van der Waals surface area contributed by atoms with Crippen molar-refractivity contribution in [3.63, 3.8) is 0 Å². The van der Waals surface area contributed by atoms with E-state index in [0.717, 1.165) is 6.07 Å². The highest BCUT2D eigenvalue weighted by molar-refractivity contribution is 5.95. The number of nitrogens with zero attached hydrogens (tertiary/aromatic N) is 2. The number of rotatable bonds is 5. The van der Waals surface area contributed by atoms with Crippen LogP contribution in [0.15, 0.2) is 47.4 Å². The summed E-state index contributed by atoms with van der Waals surface area (Å²) in [6.45, 7) is 0. The summed E-state index contributed by atoms with van der Waals surface area (Å²) in [5.74, 6) is -3.17. The summed E-state index contributed by atoms with van der Waals surface area (Å²) in [6, 6.07) is 7.72. The van der Waals surface area contributed by atoms with Crippen LogP contribution in [0, 0.1) is 17.7 Å². The van der Waals surface area contributed by atoms with E-state index < -0.39 is 29.6 Å². The van der Waals surface area contributed by atoms with Crippen molar-refractivity contribution >= 4 is 17.7 Å². The van der Waals surface area contributed by atoms with E-state index in [0.29, 0.717) is 12.8 Å². The summed E-state index contributed by atoms with van der Waals surface area (Å²) < 4.78 is 16.0. The topological polar surface area (TPSA) is 114 Å². The number of nitrogens with two attached hydrogens (primary N) is 1. The molecule has 0 saturated heterocycles. The van der Waals surface area contributed by atoms with Crippen LogP contribution in [0.2, 0.25) is 0 Å². The van der Waals surface area contributed by atoms with Crippen LogP contribution in [-0.2, 0) is 9.59 Å². The van der Waals surface area contributed by atoms with Crippen molar-refractivity contribution in [3.05, 3.63) is 64.3 Å². The van der Waals surface area contributed by atoms with Gasteiger partial charge < -0.3 is 16.0 Å². The molecule has 2 aromatic rings. The van der Waals surface area contributed by atoms with E-state index in [-0.39, 0.29) is 35.1 Å². The van der Waals surface area contributed by atoms with Crippen LogP contribution in [0.1, 0.15) is 29.6 Å². The average Bonchev–Trinajstić information content (AvgIpc) is 2.73. The number of hydrogen-bond acceptors (Lipinski definition) is 4. The molecule has 3 rings (SSSR count). The minimum absolute atomic E-state index is 0.0917. The summed E-state index contributed by atoms with van der Waals surface area (Å²) in [6.07, 6.45) is 2.60. The lowest BCUT2D eigenvalue weighted by Crippen LogP contribution is -2.50. The number of benzene rings is 1. The lowest BCUT2D eigenvalue weighted by Gasteiger charge is -2.35. The maximum Gasteiger partial charge on any atom is 0.255 e. The van der Waals surface area contributed by atoms with Crippen LogP contribution >= 0.6 is 0 Å². The Labute approximate surface area is 178 Å². The maximum atomic E-state index is 14.7. The van der Waals surface area contributed by atoms with Gasteiger partial charge in [-0.3, -0.25) is 23.7 Å². The molecule has 1 saturated carbocycles. The average molecular weight is 428 g/mol. The van der Waals surface area contributed by atoms with E-state index in [1.54, 1.807) is 26.2 Å². The van der Waals surface area contributed by atoms with Gasteiger partial charge in [-0.25, -0.2) is 4.39 Å². The second-order valence-electron chi connectivity index (χ2n) is 7.90. The Kier molecular flexibility index (Phi) is 6.53. The summed E-state index contributed by atoms with van der Waals surface area (Å²) in [7, 11) is 3.29. The Morgan fingerprint density at radius 3 is 2.52 bits per heavy atom. The molecule has 3 atom stereocenters. The fourth-order valence-electron chi connectivity index (χ4n) is 3.98. The third kappa shape index (κ3) is 4.82. The SMILES string of the molecule is CN(C)C(=O)C1CCC(C(N)=O)C(NC(=O)c2ccc(-n3ccccc3=O)cc2F)C1. The number of aromatic nitrogens is 1. The molecule has 1 heterocycles. The van der Waals surface area contributed by atoms with Gasteiger partial charge >= 0.3 is 0 Å². The first-order chi connectivity index (χ1) is 14.7. The molecular weight excluding hydrogens is 403 g/mol. The second kappa shape index (κ2) is 9.11. The van der Waals surface area contributed by atoms with Gasteiger partial charge in [0.1, 0.15) is 5.82 Å². The normalized spacial score (nSPS) is 20.7. The minimum Gasteiger partial charge on any atom is -0.369 e. The summed E-state index contributed by atoms with van der Waals surface area (Å²) in [4.78, 5) is 50.4. The molecule has 3 N–H and O–H groups in total. The molecule has 3 amide bonds. The van der Waals surface area contributed by atoms with Gasteiger partial charge in [-0.15, -0.1) is 0 Å². The number of nitrogens with one attached hydrogen (secondary N) is 1. The Bertz CT molecular complexity index is 1070. The van der Waals surface area contributed by atoms with Gasteiger partial charge in [-0.2, -0.15) is 0 Å². The van der Waals surface area contributed by atoms with Gasteiger partial charge in [-0.1, -0.05) is 6.07 Å². The molecule has 1 aliphatic carbocycles. The van der Waals surface area contributed by atoms with Crippen molar-refractivity contribution in [3.8, 4) is 5.69 Å². The van der Waals surface area contributed by atoms with E-state index in [1.807, 2.05) is 0 Å². The smallest absolute Gasteiger partial charge is 0.255 e. The molecule has 1 fully saturated rings. The van der Waals surface area contributed by atoms with E-state index in [4.69, 9.17) is 5.73 Å². The van der Waals surface area contributed by atoms with E-state index in [9.17, 15) is 23.6 Å². The Morgan fingerprint density at radius 1 is 1.16 bits per heavy atom. The number of primary amides is 1. The zero-order chi connectivity index (χ0) is 22.7. The lowest BCUT2D eigenvalue weighted by atomic mass is 9.77. The Hall–Kier alpha value is -3.49. The molecule has 8 nitrogen and oxygen atoms in total. The maximum absolute atomic E-state index is 14.7. The molecule has 0 radical (unpaired) electrons. The molecule has 9 heteroatoms. The molecule has 0 aliphatic heterocycles. The number of amides is 3. The van der Waals surface area contributed by atoms with Gasteiger partial charge in [-0.05, 0) is 43.5 Å².